The molecular weight excluding hydrogens is 190 g/mol. The molecule has 0 amide bonds. The van der Waals surface area contributed by atoms with E-state index in [1.807, 2.05) is 0 Å². The monoisotopic (exact) mass is 207 g/mol. The SMILES string of the molecule is OCCN1C[C@@H](O)C(O)[C@H](O)C1CO. The van der Waals surface area contributed by atoms with Crippen LogP contribution in [-0.2, 0) is 0 Å². The highest BCUT2D eigenvalue weighted by Crippen LogP contribution is 2.18. The van der Waals surface area contributed by atoms with E-state index in [1.54, 1.807) is 4.90 Å². The Morgan fingerprint density at radius 3 is 2.21 bits per heavy atom. The third-order valence-electron chi connectivity index (χ3n) is 2.60. The summed E-state index contributed by atoms with van der Waals surface area (Å²) in [7, 11) is 0. The average Bonchev–Trinajstić information content (AvgIpc) is 2.16. The van der Waals surface area contributed by atoms with E-state index in [9.17, 15) is 15.3 Å². The molecular formula is C8H17NO5. The minimum absolute atomic E-state index is 0.119. The number of likely N-dealkylation sites (tertiary alicyclic amines) is 1. The Kier molecular flexibility index (Phi) is 4.24. The molecule has 0 radical (unpaired) electrons. The van der Waals surface area contributed by atoms with Gasteiger partial charge in [0.2, 0.25) is 0 Å². The van der Waals surface area contributed by atoms with Crippen molar-refractivity contribution in [2.75, 3.05) is 26.3 Å². The number of nitrogens with zero attached hydrogens (tertiary/aromatic N) is 1. The molecule has 1 aliphatic heterocycles. The minimum Gasteiger partial charge on any atom is -0.395 e. The molecule has 84 valence electrons. The van der Waals surface area contributed by atoms with Gasteiger partial charge in [-0.25, -0.2) is 0 Å². The van der Waals surface area contributed by atoms with Gasteiger partial charge in [-0.15, -0.1) is 0 Å². The molecule has 2 unspecified atom stereocenters. The van der Waals surface area contributed by atoms with Crippen LogP contribution < -0.4 is 0 Å². The molecule has 0 aromatic rings. The molecule has 6 nitrogen and oxygen atoms in total. The highest BCUT2D eigenvalue weighted by atomic mass is 16.4. The summed E-state index contributed by atoms with van der Waals surface area (Å²) in [5.41, 5.74) is 0. The molecule has 1 rings (SSSR count). The number of rotatable bonds is 3. The Labute approximate surface area is 82.0 Å². The zero-order valence-electron chi connectivity index (χ0n) is 7.82. The number of aliphatic hydroxyl groups is 5. The van der Waals surface area contributed by atoms with Gasteiger partial charge >= 0.3 is 0 Å². The Balaban J connectivity index is 2.66. The van der Waals surface area contributed by atoms with Crippen molar-refractivity contribution in [3.8, 4) is 0 Å². The second kappa shape index (κ2) is 5.01. The molecule has 0 aliphatic carbocycles. The summed E-state index contributed by atoms with van der Waals surface area (Å²) >= 11 is 0. The first kappa shape index (κ1) is 11.8. The van der Waals surface area contributed by atoms with E-state index in [2.05, 4.69) is 0 Å². The predicted molar refractivity (Wildman–Crippen MR) is 47.6 cm³/mol. The molecule has 4 atom stereocenters. The van der Waals surface area contributed by atoms with E-state index in [0.29, 0.717) is 0 Å². The van der Waals surface area contributed by atoms with Gasteiger partial charge in [0.1, 0.15) is 12.2 Å². The quantitative estimate of drug-likeness (QED) is 0.333. The van der Waals surface area contributed by atoms with E-state index in [-0.39, 0.29) is 26.3 Å². The van der Waals surface area contributed by atoms with E-state index in [1.165, 1.54) is 0 Å². The van der Waals surface area contributed by atoms with Crippen LogP contribution in [0.4, 0.5) is 0 Å². The molecule has 1 aliphatic rings. The zero-order chi connectivity index (χ0) is 10.7. The van der Waals surface area contributed by atoms with Gasteiger partial charge in [0.25, 0.3) is 0 Å². The lowest BCUT2D eigenvalue weighted by atomic mass is 9.94. The van der Waals surface area contributed by atoms with Gasteiger partial charge in [0.05, 0.1) is 25.4 Å². The normalized spacial score (nSPS) is 40.1. The van der Waals surface area contributed by atoms with Crippen LogP contribution in [0.2, 0.25) is 0 Å². The Morgan fingerprint density at radius 1 is 1.07 bits per heavy atom. The fourth-order valence-corrected chi connectivity index (χ4v) is 1.76. The molecule has 1 heterocycles. The van der Waals surface area contributed by atoms with Crippen LogP contribution in [-0.4, -0.2) is 81.1 Å². The first-order valence-corrected chi connectivity index (χ1v) is 4.61. The summed E-state index contributed by atoms with van der Waals surface area (Å²) in [6, 6.07) is -0.624. The van der Waals surface area contributed by atoms with E-state index >= 15 is 0 Å². The minimum atomic E-state index is -1.23. The molecule has 1 saturated heterocycles. The van der Waals surface area contributed by atoms with Crippen LogP contribution in [0.25, 0.3) is 0 Å². The van der Waals surface area contributed by atoms with Crippen molar-refractivity contribution in [1.82, 2.24) is 4.90 Å². The summed E-state index contributed by atoms with van der Waals surface area (Å²) in [6.45, 7) is -0.0347. The van der Waals surface area contributed by atoms with Crippen molar-refractivity contribution >= 4 is 0 Å². The van der Waals surface area contributed by atoms with Crippen LogP contribution >= 0.6 is 0 Å². The van der Waals surface area contributed by atoms with Crippen molar-refractivity contribution in [3.63, 3.8) is 0 Å². The lowest BCUT2D eigenvalue weighted by Gasteiger charge is -2.42. The maximum Gasteiger partial charge on any atom is 0.109 e. The number of hydrogen-bond acceptors (Lipinski definition) is 6. The van der Waals surface area contributed by atoms with Gasteiger partial charge in [0, 0.05) is 13.1 Å². The van der Waals surface area contributed by atoms with Crippen molar-refractivity contribution in [1.29, 1.82) is 0 Å². The van der Waals surface area contributed by atoms with Gasteiger partial charge in [-0.2, -0.15) is 0 Å². The molecule has 0 bridgehead atoms. The molecule has 1 fully saturated rings. The van der Waals surface area contributed by atoms with Crippen molar-refractivity contribution in [2.24, 2.45) is 0 Å². The van der Waals surface area contributed by atoms with Crippen LogP contribution in [0.5, 0.6) is 0 Å². The van der Waals surface area contributed by atoms with E-state index in [4.69, 9.17) is 10.2 Å². The highest BCUT2D eigenvalue weighted by Gasteiger charge is 2.40. The number of hydrogen-bond donors (Lipinski definition) is 5. The number of β-amino-alcohol motifs (C(OH)–C–C–N with tert-alkyl or cyclic N) is 2. The summed E-state index contributed by atoms with van der Waals surface area (Å²) in [5.74, 6) is 0. The molecule has 6 heteroatoms. The molecule has 0 saturated carbocycles. The largest absolute Gasteiger partial charge is 0.395 e. The zero-order valence-corrected chi connectivity index (χ0v) is 7.82. The maximum atomic E-state index is 9.51. The average molecular weight is 207 g/mol. The smallest absolute Gasteiger partial charge is 0.109 e. The fraction of sp³-hybridized carbons (Fsp3) is 1.00. The maximum absolute atomic E-state index is 9.51. The Hall–Kier alpha value is -0.240. The summed E-state index contributed by atoms with van der Waals surface area (Å²) < 4.78 is 0. The van der Waals surface area contributed by atoms with Gasteiger partial charge in [-0.1, -0.05) is 0 Å². The van der Waals surface area contributed by atoms with Crippen LogP contribution in [0, 0.1) is 0 Å². The molecule has 0 aromatic carbocycles. The predicted octanol–water partition coefficient (Wildman–Crippen LogP) is -3.26. The summed E-state index contributed by atoms with van der Waals surface area (Å²) in [5, 5.41) is 45.9. The third-order valence-corrected chi connectivity index (χ3v) is 2.60. The summed E-state index contributed by atoms with van der Waals surface area (Å²) in [6.07, 6.45) is -3.46. The van der Waals surface area contributed by atoms with Gasteiger partial charge in [-0.05, 0) is 0 Å². The fourth-order valence-electron chi connectivity index (χ4n) is 1.76. The number of aliphatic hydroxyl groups excluding tert-OH is 5. The molecule has 5 N–H and O–H groups in total. The van der Waals surface area contributed by atoms with Crippen LogP contribution in [0.1, 0.15) is 0 Å². The number of piperidine rings is 1. The second-order valence-electron chi connectivity index (χ2n) is 3.52. The Morgan fingerprint density at radius 2 is 1.71 bits per heavy atom. The molecule has 14 heavy (non-hydrogen) atoms. The van der Waals surface area contributed by atoms with E-state index < -0.39 is 24.4 Å². The lowest BCUT2D eigenvalue weighted by molar-refractivity contribution is -0.146. The molecule has 0 spiro atoms. The summed E-state index contributed by atoms with van der Waals surface area (Å²) in [4.78, 5) is 1.56. The van der Waals surface area contributed by atoms with Gasteiger partial charge in [-0.3, -0.25) is 4.90 Å². The van der Waals surface area contributed by atoms with Crippen LogP contribution in [0.3, 0.4) is 0 Å². The Bertz CT molecular complexity index is 179. The second-order valence-corrected chi connectivity index (χ2v) is 3.52. The van der Waals surface area contributed by atoms with E-state index in [0.717, 1.165) is 0 Å². The lowest BCUT2D eigenvalue weighted by Crippen LogP contribution is -2.62. The van der Waals surface area contributed by atoms with Crippen molar-refractivity contribution in [2.45, 2.75) is 24.4 Å². The van der Waals surface area contributed by atoms with Gasteiger partial charge < -0.3 is 25.5 Å². The topological polar surface area (TPSA) is 104 Å². The standard InChI is InChI=1S/C8H17NO5/c10-2-1-9-3-6(12)8(14)7(13)5(9)4-11/h5-8,10-14H,1-4H2/t5?,6-,7-,8?/m1/s1. The third kappa shape index (κ3) is 2.22. The van der Waals surface area contributed by atoms with Crippen molar-refractivity contribution in [3.05, 3.63) is 0 Å². The van der Waals surface area contributed by atoms with Gasteiger partial charge in [0.15, 0.2) is 0 Å². The first-order valence-electron chi connectivity index (χ1n) is 4.61. The first-order chi connectivity index (χ1) is 6.61. The van der Waals surface area contributed by atoms with Crippen LogP contribution in [0.15, 0.2) is 0 Å². The highest BCUT2D eigenvalue weighted by molar-refractivity contribution is 4.93. The molecule has 0 aromatic heterocycles. The van der Waals surface area contributed by atoms with Crippen molar-refractivity contribution < 1.29 is 25.5 Å².